The van der Waals surface area contributed by atoms with Crippen LogP contribution in [0.15, 0.2) is 12.1 Å². The molecule has 0 fully saturated rings. The van der Waals surface area contributed by atoms with Crippen molar-refractivity contribution in [1.29, 1.82) is 0 Å². The van der Waals surface area contributed by atoms with Crippen LogP contribution < -0.4 is 0 Å². The van der Waals surface area contributed by atoms with Gasteiger partial charge in [-0.3, -0.25) is 0 Å². The standard InChI is InChI=1S/C10H10Cl2O/c11-7-4-5-8(12)10-6(7)2-1-3-9(10)13/h4-5,9,13H,1-3H2. The fraction of sp³-hybridized carbons (Fsp3) is 0.400. The van der Waals surface area contributed by atoms with Gasteiger partial charge in [-0.15, -0.1) is 0 Å². The van der Waals surface area contributed by atoms with Gasteiger partial charge in [-0.25, -0.2) is 0 Å². The number of fused-ring (bicyclic) bond motifs is 1. The molecule has 0 bridgehead atoms. The highest BCUT2D eigenvalue weighted by Gasteiger charge is 2.22. The Bertz CT molecular complexity index is 336. The van der Waals surface area contributed by atoms with Gasteiger partial charge in [0.2, 0.25) is 0 Å². The van der Waals surface area contributed by atoms with Crippen LogP contribution in [0.25, 0.3) is 0 Å². The average molecular weight is 217 g/mol. The first kappa shape index (κ1) is 9.32. The molecule has 0 radical (unpaired) electrons. The molecule has 0 saturated heterocycles. The van der Waals surface area contributed by atoms with Gasteiger partial charge in [-0.2, -0.15) is 0 Å². The van der Waals surface area contributed by atoms with Gasteiger partial charge in [0.1, 0.15) is 0 Å². The van der Waals surface area contributed by atoms with Crippen molar-refractivity contribution in [2.75, 3.05) is 0 Å². The van der Waals surface area contributed by atoms with E-state index in [9.17, 15) is 5.11 Å². The first-order valence-corrected chi connectivity index (χ1v) is 5.10. The van der Waals surface area contributed by atoms with Crippen molar-refractivity contribution in [3.8, 4) is 0 Å². The molecule has 1 aliphatic rings. The lowest BCUT2D eigenvalue weighted by Crippen LogP contribution is -2.10. The smallest absolute Gasteiger partial charge is 0.0807 e. The summed E-state index contributed by atoms with van der Waals surface area (Å²) in [5.41, 5.74) is 1.85. The van der Waals surface area contributed by atoms with Gasteiger partial charge in [-0.05, 0) is 37.0 Å². The van der Waals surface area contributed by atoms with Crippen LogP contribution in [0.3, 0.4) is 0 Å². The van der Waals surface area contributed by atoms with Crippen molar-refractivity contribution in [2.24, 2.45) is 0 Å². The molecule has 13 heavy (non-hydrogen) atoms. The molecule has 70 valence electrons. The zero-order chi connectivity index (χ0) is 9.42. The molecular formula is C10H10Cl2O. The molecule has 1 nitrogen and oxygen atoms in total. The average Bonchev–Trinajstić information content (AvgIpc) is 2.12. The van der Waals surface area contributed by atoms with Crippen LogP contribution in [0, 0.1) is 0 Å². The maximum atomic E-state index is 9.72. The number of aliphatic hydroxyl groups is 1. The van der Waals surface area contributed by atoms with Crippen LogP contribution in [0.4, 0.5) is 0 Å². The molecule has 0 aliphatic heterocycles. The third-order valence-corrected chi connectivity index (χ3v) is 3.17. The number of hydrogen-bond acceptors (Lipinski definition) is 1. The van der Waals surface area contributed by atoms with Crippen molar-refractivity contribution in [3.05, 3.63) is 33.3 Å². The Kier molecular flexibility index (Phi) is 2.50. The van der Waals surface area contributed by atoms with Crippen LogP contribution >= 0.6 is 23.2 Å². The number of aliphatic hydroxyl groups excluding tert-OH is 1. The third kappa shape index (κ3) is 1.56. The van der Waals surface area contributed by atoms with Crippen LogP contribution in [0.5, 0.6) is 0 Å². The second kappa shape index (κ2) is 3.49. The van der Waals surface area contributed by atoms with E-state index >= 15 is 0 Å². The minimum atomic E-state index is -0.435. The Balaban J connectivity index is 2.60. The van der Waals surface area contributed by atoms with Crippen molar-refractivity contribution in [3.63, 3.8) is 0 Å². The van der Waals surface area contributed by atoms with E-state index in [1.54, 1.807) is 12.1 Å². The second-order valence-corrected chi connectivity index (χ2v) is 4.14. The first-order valence-electron chi connectivity index (χ1n) is 4.35. The lowest BCUT2D eigenvalue weighted by molar-refractivity contribution is 0.156. The van der Waals surface area contributed by atoms with Crippen LogP contribution in [-0.2, 0) is 6.42 Å². The molecule has 0 aromatic heterocycles. The predicted octanol–water partition coefficient (Wildman–Crippen LogP) is 3.36. The topological polar surface area (TPSA) is 20.2 Å². The molecular weight excluding hydrogens is 207 g/mol. The van der Waals surface area contributed by atoms with E-state index in [0.717, 1.165) is 35.4 Å². The number of benzene rings is 1. The molecule has 1 unspecified atom stereocenters. The zero-order valence-electron chi connectivity index (χ0n) is 7.06. The van der Waals surface area contributed by atoms with Gasteiger partial charge in [0, 0.05) is 15.6 Å². The molecule has 1 aromatic rings. The van der Waals surface area contributed by atoms with Gasteiger partial charge in [0.05, 0.1) is 6.10 Å². The molecule has 1 aliphatic carbocycles. The van der Waals surface area contributed by atoms with Crippen LogP contribution in [0.2, 0.25) is 10.0 Å². The molecule has 0 spiro atoms. The van der Waals surface area contributed by atoms with E-state index in [0.29, 0.717) is 5.02 Å². The van der Waals surface area contributed by atoms with Gasteiger partial charge in [-0.1, -0.05) is 23.2 Å². The van der Waals surface area contributed by atoms with Gasteiger partial charge in [0.25, 0.3) is 0 Å². The number of halogens is 2. The van der Waals surface area contributed by atoms with E-state index in [4.69, 9.17) is 23.2 Å². The van der Waals surface area contributed by atoms with Gasteiger partial charge >= 0.3 is 0 Å². The normalized spacial score (nSPS) is 21.3. The third-order valence-electron chi connectivity index (χ3n) is 2.48. The summed E-state index contributed by atoms with van der Waals surface area (Å²) in [6, 6.07) is 3.54. The summed E-state index contributed by atoms with van der Waals surface area (Å²) in [5, 5.41) is 11.1. The molecule has 0 amide bonds. The first-order chi connectivity index (χ1) is 6.20. The monoisotopic (exact) mass is 216 g/mol. The summed E-state index contributed by atoms with van der Waals surface area (Å²) in [4.78, 5) is 0. The Hall–Kier alpha value is -0.240. The largest absolute Gasteiger partial charge is 0.388 e. The maximum Gasteiger partial charge on any atom is 0.0807 e. The Morgan fingerprint density at radius 1 is 1.23 bits per heavy atom. The van der Waals surface area contributed by atoms with E-state index in [-0.39, 0.29) is 0 Å². The minimum absolute atomic E-state index is 0.435. The summed E-state index contributed by atoms with van der Waals surface area (Å²) in [6.07, 6.45) is 2.25. The van der Waals surface area contributed by atoms with Crippen molar-refractivity contribution < 1.29 is 5.11 Å². The fourth-order valence-corrected chi connectivity index (χ4v) is 2.40. The summed E-state index contributed by atoms with van der Waals surface area (Å²) in [6.45, 7) is 0. The molecule has 3 heteroatoms. The van der Waals surface area contributed by atoms with E-state index < -0.39 is 6.10 Å². The molecule has 1 aromatic carbocycles. The summed E-state index contributed by atoms with van der Waals surface area (Å²) < 4.78 is 0. The molecule has 0 heterocycles. The van der Waals surface area contributed by atoms with E-state index in [1.807, 2.05) is 0 Å². The van der Waals surface area contributed by atoms with Crippen LogP contribution in [0.1, 0.15) is 30.1 Å². The predicted molar refractivity (Wildman–Crippen MR) is 54.4 cm³/mol. The van der Waals surface area contributed by atoms with Gasteiger partial charge < -0.3 is 5.11 Å². The number of hydrogen-bond donors (Lipinski definition) is 1. The lowest BCUT2D eigenvalue weighted by Gasteiger charge is -2.23. The van der Waals surface area contributed by atoms with E-state index in [2.05, 4.69) is 0 Å². The Labute approximate surface area is 87.3 Å². The van der Waals surface area contributed by atoms with Crippen molar-refractivity contribution >= 4 is 23.2 Å². The molecule has 1 atom stereocenters. The summed E-state index contributed by atoms with van der Waals surface area (Å²) >= 11 is 12.0. The summed E-state index contributed by atoms with van der Waals surface area (Å²) in [5.74, 6) is 0. The highest BCUT2D eigenvalue weighted by atomic mass is 35.5. The molecule has 1 N–H and O–H groups in total. The van der Waals surface area contributed by atoms with Crippen molar-refractivity contribution in [1.82, 2.24) is 0 Å². The fourth-order valence-electron chi connectivity index (χ4n) is 1.84. The maximum absolute atomic E-state index is 9.72. The molecule has 2 rings (SSSR count). The van der Waals surface area contributed by atoms with E-state index in [1.165, 1.54) is 0 Å². The second-order valence-electron chi connectivity index (χ2n) is 3.33. The highest BCUT2D eigenvalue weighted by Crippen LogP contribution is 2.38. The lowest BCUT2D eigenvalue weighted by atomic mass is 9.89. The summed E-state index contributed by atoms with van der Waals surface area (Å²) in [7, 11) is 0. The molecule has 0 saturated carbocycles. The Morgan fingerprint density at radius 3 is 2.62 bits per heavy atom. The quantitative estimate of drug-likeness (QED) is 0.706. The van der Waals surface area contributed by atoms with Crippen molar-refractivity contribution in [2.45, 2.75) is 25.4 Å². The highest BCUT2D eigenvalue weighted by molar-refractivity contribution is 6.34. The number of rotatable bonds is 0. The minimum Gasteiger partial charge on any atom is -0.388 e. The SMILES string of the molecule is OC1CCCc2c(Cl)ccc(Cl)c21. The Morgan fingerprint density at radius 2 is 1.92 bits per heavy atom. The van der Waals surface area contributed by atoms with Crippen LogP contribution in [-0.4, -0.2) is 5.11 Å². The van der Waals surface area contributed by atoms with Gasteiger partial charge in [0.15, 0.2) is 0 Å². The zero-order valence-corrected chi connectivity index (χ0v) is 8.57.